The topological polar surface area (TPSA) is 42.7 Å². The van der Waals surface area contributed by atoms with E-state index in [4.69, 9.17) is 9.15 Å². The molecule has 1 aliphatic rings. The van der Waals surface area contributed by atoms with Crippen LogP contribution in [0.1, 0.15) is 36.7 Å². The number of likely N-dealkylation sites (tertiary alicyclic amines) is 1. The SMILES string of the molecule is C[C@H](CN1CCCCC1)OC(=O)c1ccco1. The molecule has 1 aromatic heterocycles. The van der Waals surface area contributed by atoms with Crippen molar-refractivity contribution in [1.29, 1.82) is 0 Å². The molecule has 0 spiro atoms. The van der Waals surface area contributed by atoms with Crippen molar-refractivity contribution in [2.45, 2.75) is 32.3 Å². The zero-order valence-electron chi connectivity index (χ0n) is 10.2. The van der Waals surface area contributed by atoms with Crippen LogP contribution in [0.5, 0.6) is 0 Å². The molecule has 1 saturated heterocycles. The monoisotopic (exact) mass is 237 g/mol. The van der Waals surface area contributed by atoms with E-state index in [1.165, 1.54) is 25.5 Å². The first kappa shape index (κ1) is 12.2. The highest BCUT2D eigenvalue weighted by Gasteiger charge is 2.18. The van der Waals surface area contributed by atoms with Gasteiger partial charge in [-0.25, -0.2) is 4.79 Å². The molecule has 0 aliphatic carbocycles. The van der Waals surface area contributed by atoms with Gasteiger partial charge in [0.1, 0.15) is 6.10 Å². The molecule has 1 aromatic rings. The maximum Gasteiger partial charge on any atom is 0.374 e. The van der Waals surface area contributed by atoms with Crippen molar-refractivity contribution in [1.82, 2.24) is 4.90 Å². The van der Waals surface area contributed by atoms with Crippen LogP contribution in [0.3, 0.4) is 0 Å². The number of nitrogens with zero attached hydrogens (tertiary/aromatic N) is 1. The molecule has 2 rings (SSSR count). The van der Waals surface area contributed by atoms with Crippen molar-refractivity contribution in [2.75, 3.05) is 19.6 Å². The predicted octanol–water partition coefficient (Wildman–Crippen LogP) is 2.31. The highest BCUT2D eigenvalue weighted by molar-refractivity contribution is 5.86. The van der Waals surface area contributed by atoms with Gasteiger partial charge in [0.25, 0.3) is 0 Å². The smallest absolute Gasteiger partial charge is 0.374 e. The molecule has 4 heteroatoms. The molecule has 94 valence electrons. The van der Waals surface area contributed by atoms with E-state index in [9.17, 15) is 4.79 Å². The molecule has 4 nitrogen and oxygen atoms in total. The summed E-state index contributed by atoms with van der Waals surface area (Å²) in [6.07, 6.45) is 5.20. The number of carbonyl (C=O) groups excluding carboxylic acids is 1. The Labute approximate surface area is 102 Å². The van der Waals surface area contributed by atoms with Crippen molar-refractivity contribution >= 4 is 5.97 Å². The van der Waals surface area contributed by atoms with Gasteiger partial charge >= 0.3 is 5.97 Å². The van der Waals surface area contributed by atoms with Crippen LogP contribution < -0.4 is 0 Å². The van der Waals surface area contributed by atoms with E-state index in [0.717, 1.165) is 19.6 Å². The van der Waals surface area contributed by atoms with E-state index in [0.29, 0.717) is 0 Å². The van der Waals surface area contributed by atoms with Crippen molar-refractivity contribution in [3.05, 3.63) is 24.2 Å². The first-order valence-corrected chi connectivity index (χ1v) is 6.22. The Balaban J connectivity index is 1.76. The van der Waals surface area contributed by atoms with E-state index < -0.39 is 0 Å². The molecular weight excluding hydrogens is 218 g/mol. The van der Waals surface area contributed by atoms with Gasteiger partial charge in [-0.15, -0.1) is 0 Å². The Hall–Kier alpha value is -1.29. The van der Waals surface area contributed by atoms with E-state index in [1.54, 1.807) is 12.1 Å². The minimum Gasteiger partial charge on any atom is -0.457 e. The summed E-state index contributed by atoms with van der Waals surface area (Å²) in [5, 5.41) is 0. The van der Waals surface area contributed by atoms with Gasteiger partial charge in [-0.3, -0.25) is 4.90 Å². The fourth-order valence-corrected chi connectivity index (χ4v) is 2.18. The summed E-state index contributed by atoms with van der Waals surface area (Å²) in [6.45, 7) is 4.97. The zero-order chi connectivity index (χ0) is 12.1. The van der Waals surface area contributed by atoms with Gasteiger partial charge in [0.15, 0.2) is 0 Å². The lowest BCUT2D eigenvalue weighted by Gasteiger charge is -2.28. The number of piperidine rings is 1. The first-order valence-electron chi connectivity index (χ1n) is 6.22. The fraction of sp³-hybridized carbons (Fsp3) is 0.615. The highest BCUT2D eigenvalue weighted by atomic mass is 16.6. The third-order valence-electron chi connectivity index (χ3n) is 2.99. The van der Waals surface area contributed by atoms with Crippen molar-refractivity contribution in [3.8, 4) is 0 Å². The molecular formula is C13H19NO3. The fourth-order valence-electron chi connectivity index (χ4n) is 2.18. The van der Waals surface area contributed by atoms with Crippen LogP contribution in [-0.4, -0.2) is 36.6 Å². The minimum atomic E-state index is -0.375. The minimum absolute atomic E-state index is 0.0919. The molecule has 17 heavy (non-hydrogen) atoms. The normalized spacial score (nSPS) is 18.9. The number of esters is 1. The van der Waals surface area contributed by atoms with Crippen molar-refractivity contribution < 1.29 is 13.9 Å². The molecule has 1 fully saturated rings. The van der Waals surface area contributed by atoms with Gasteiger partial charge in [0, 0.05) is 6.54 Å². The number of hydrogen-bond acceptors (Lipinski definition) is 4. The van der Waals surface area contributed by atoms with E-state index in [1.807, 2.05) is 6.92 Å². The van der Waals surface area contributed by atoms with E-state index >= 15 is 0 Å². The van der Waals surface area contributed by atoms with Crippen LogP contribution in [-0.2, 0) is 4.74 Å². The van der Waals surface area contributed by atoms with Gasteiger partial charge in [0.2, 0.25) is 5.76 Å². The van der Waals surface area contributed by atoms with Crippen molar-refractivity contribution in [2.24, 2.45) is 0 Å². The van der Waals surface area contributed by atoms with Crippen LogP contribution in [0, 0.1) is 0 Å². The summed E-state index contributed by atoms with van der Waals surface area (Å²) in [5.41, 5.74) is 0. The summed E-state index contributed by atoms with van der Waals surface area (Å²) in [5.74, 6) is -0.102. The summed E-state index contributed by atoms with van der Waals surface area (Å²) < 4.78 is 10.3. The molecule has 1 atom stereocenters. The number of ether oxygens (including phenoxy) is 1. The second kappa shape index (κ2) is 5.87. The average molecular weight is 237 g/mol. The number of furan rings is 1. The quantitative estimate of drug-likeness (QED) is 0.754. The molecule has 0 N–H and O–H groups in total. The third-order valence-corrected chi connectivity index (χ3v) is 2.99. The molecule has 2 heterocycles. The van der Waals surface area contributed by atoms with E-state index in [2.05, 4.69) is 4.90 Å². The Kier molecular flexibility index (Phi) is 4.20. The first-order chi connectivity index (χ1) is 8.25. The summed E-state index contributed by atoms with van der Waals surface area (Å²) in [6, 6.07) is 3.31. The highest BCUT2D eigenvalue weighted by Crippen LogP contribution is 2.11. The Morgan fingerprint density at radius 3 is 2.88 bits per heavy atom. The molecule has 0 unspecified atom stereocenters. The zero-order valence-corrected chi connectivity index (χ0v) is 10.2. The molecule has 0 bridgehead atoms. The van der Waals surface area contributed by atoms with Crippen molar-refractivity contribution in [3.63, 3.8) is 0 Å². The Bertz CT molecular complexity index is 342. The van der Waals surface area contributed by atoms with Crippen LogP contribution in [0.4, 0.5) is 0 Å². The van der Waals surface area contributed by atoms with Crippen LogP contribution in [0.25, 0.3) is 0 Å². The predicted molar refractivity (Wildman–Crippen MR) is 63.9 cm³/mol. The summed E-state index contributed by atoms with van der Waals surface area (Å²) in [4.78, 5) is 14.0. The van der Waals surface area contributed by atoms with Gasteiger partial charge < -0.3 is 9.15 Å². The maximum atomic E-state index is 11.6. The lowest BCUT2D eigenvalue weighted by atomic mass is 10.1. The second-order valence-corrected chi connectivity index (χ2v) is 4.55. The van der Waals surface area contributed by atoms with Gasteiger partial charge in [-0.05, 0) is 45.0 Å². The van der Waals surface area contributed by atoms with Crippen LogP contribution in [0.2, 0.25) is 0 Å². The standard InChI is InChI=1S/C13H19NO3/c1-11(10-14-7-3-2-4-8-14)17-13(15)12-6-5-9-16-12/h5-6,9,11H,2-4,7-8,10H2,1H3/t11-/m1/s1. The van der Waals surface area contributed by atoms with Gasteiger partial charge in [-0.2, -0.15) is 0 Å². The maximum absolute atomic E-state index is 11.6. The molecule has 0 aromatic carbocycles. The molecule has 1 aliphatic heterocycles. The third kappa shape index (κ3) is 3.60. The number of hydrogen-bond donors (Lipinski definition) is 0. The van der Waals surface area contributed by atoms with Crippen LogP contribution >= 0.6 is 0 Å². The lowest BCUT2D eigenvalue weighted by Crippen LogP contribution is -2.37. The molecule has 0 saturated carbocycles. The lowest BCUT2D eigenvalue weighted by molar-refractivity contribution is 0.0203. The van der Waals surface area contributed by atoms with E-state index in [-0.39, 0.29) is 17.8 Å². The summed E-state index contributed by atoms with van der Waals surface area (Å²) >= 11 is 0. The van der Waals surface area contributed by atoms with Gasteiger partial charge in [-0.1, -0.05) is 6.42 Å². The summed E-state index contributed by atoms with van der Waals surface area (Å²) in [7, 11) is 0. The Morgan fingerprint density at radius 2 is 2.24 bits per heavy atom. The largest absolute Gasteiger partial charge is 0.457 e. The molecule has 0 radical (unpaired) electrons. The number of rotatable bonds is 4. The Morgan fingerprint density at radius 1 is 1.47 bits per heavy atom. The molecule has 0 amide bonds. The number of carbonyl (C=O) groups is 1. The average Bonchev–Trinajstić information content (AvgIpc) is 2.83. The van der Waals surface area contributed by atoms with Crippen LogP contribution in [0.15, 0.2) is 22.8 Å². The van der Waals surface area contributed by atoms with Gasteiger partial charge in [0.05, 0.1) is 6.26 Å². The second-order valence-electron chi connectivity index (χ2n) is 4.55.